The summed E-state index contributed by atoms with van der Waals surface area (Å²) in [7, 11) is 1.33. The molecule has 2 N–H and O–H groups in total. The number of phenols is 2. The molecule has 8 nitrogen and oxygen atoms in total. The minimum absolute atomic E-state index is 0.00188. The van der Waals surface area contributed by atoms with Crippen LogP contribution in [0.15, 0.2) is 36.7 Å². The Morgan fingerprint density at radius 1 is 0.941 bits per heavy atom. The Labute approximate surface area is 202 Å². The summed E-state index contributed by atoms with van der Waals surface area (Å²) in [6, 6.07) is 6.31. The predicted molar refractivity (Wildman–Crippen MR) is 137 cm³/mol. The first-order valence-corrected chi connectivity index (χ1v) is 11.6. The Bertz CT molecular complexity index is 1040. The number of nitro benzene ring substituents is 1. The normalized spacial score (nSPS) is 9.41. The third-order valence-electron chi connectivity index (χ3n) is 4.19. The van der Waals surface area contributed by atoms with Crippen LogP contribution >= 0.6 is 0 Å². The van der Waals surface area contributed by atoms with Gasteiger partial charge in [-0.2, -0.15) is 0 Å². The molecular weight excluding hydrogens is 436 g/mol. The van der Waals surface area contributed by atoms with Crippen molar-refractivity contribution in [1.82, 2.24) is 4.98 Å². The van der Waals surface area contributed by atoms with Crippen LogP contribution in [0.1, 0.15) is 66.0 Å². The van der Waals surface area contributed by atoms with E-state index in [1.807, 2.05) is 40.7 Å². The van der Waals surface area contributed by atoms with Gasteiger partial charge in [-0.25, -0.2) is 0 Å². The van der Waals surface area contributed by atoms with E-state index in [4.69, 9.17) is 9.47 Å². The monoisotopic (exact) mass is 474 g/mol. The molecule has 34 heavy (non-hydrogen) atoms. The Hall–Kier alpha value is -3.55. The number of hydrogen-bond acceptors (Lipinski definition) is 7. The topological polar surface area (TPSA) is 115 Å². The second kappa shape index (κ2) is 16.1. The second-order valence-corrected chi connectivity index (χ2v) is 6.55. The van der Waals surface area contributed by atoms with Crippen LogP contribution < -0.4 is 9.47 Å². The third kappa shape index (κ3) is 7.79. The number of benzene rings is 2. The van der Waals surface area contributed by atoms with Crippen LogP contribution in [0.5, 0.6) is 23.0 Å². The van der Waals surface area contributed by atoms with Crippen molar-refractivity contribution < 1.29 is 24.6 Å². The maximum absolute atomic E-state index is 11.2. The van der Waals surface area contributed by atoms with Gasteiger partial charge in [0.25, 0.3) is 0 Å². The number of nitro groups is 1. The summed E-state index contributed by atoms with van der Waals surface area (Å²) in [5.41, 5.74) is 0.894. The van der Waals surface area contributed by atoms with Crippen LogP contribution in [0.4, 0.5) is 5.69 Å². The maximum atomic E-state index is 11.2. The lowest BCUT2D eigenvalue weighted by molar-refractivity contribution is -0.386. The summed E-state index contributed by atoms with van der Waals surface area (Å²) >= 11 is 0. The van der Waals surface area contributed by atoms with Crippen LogP contribution in [0.3, 0.4) is 0 Å². The molecule has 3 rings (SSSR count). The Kier molecular flexibility index (Phi) is 14.4. The van der Waals surface area contributed by atoms with Gasteiger partial charge >= 0.3 is 5.69 Å². The summed E-state index contributed by atoms with van der Waals surface area (Å²) in [5, 5.41) is 32.8. The lowest BCUT2D eigenvalue weighted by atomic mass is 9.99. The number of ether oxygens (including phenoxy) is 2. The van der Waals surface area contributed by atoms with Gasteiger partial charge in [0.05, 0.1) is 18.6 Å². The molecule has 0 aliphatic heterocycles. The molecule has 0 unspecified atom stereocenters. The Balaban J connectivity index is 0.00000141. The van der Waals surface area contributed by atoms with E-state index in [1.165, 1.54) is 31.9 Å². The number of phenolic OH excluding ortho intramolecular Hbond substituents is 2. The van der Waals surface area contributed by atoms with Gasteiger partial charge in [0.1, 0.15) is 0 Å². The summed E-state index contributed by atoms with van der Waals surface area (Å²) in [4.78, 5) is 14.7. The molecule has 0 radical (unpaired) electrons. The SMILES string of the molecule is CC.CC.CCC.CCOc1ccc2c(Cc3cc(OC)c(O)c([N+](=O)[O-])c3)cncc2c1O. The number of rotatable bonds is 6. The first-order chi connectivity index (χ1) is 16.4. The van der Waals surface area contributed by atoms with Crippen LogP contribution in [-0.2, 0) is 6.42 Å². The largest absolute Gasteiger partial charge is 0.504 e. The van der Waals surface area contributed by atoms with Crippen molar-refractivity contribution in [2.75, 3.05) is 13.7 Å². The standard InChI is InChI=1S/C19H18N2O6.C3H8.2C2H6/c1-3-27-16-5-4-13-12(9-20-10-14(13)18(16)22)6-11-7-15(21(24)25)19(23)17(8-11)26-2;1-3-2;2*1-2/h4-5,7-10,22-23H,3,6H2,1-2H3;3H2,1-2H3;2*1-2H3. The van der Waals surface area contributed by atoms with Gasteiger partial charge in [-0.15, -0.1) is 0 Å². The van der Waals surface area contributed by atoms with Gasteiger partial charge < -0.3 is 19.7 Å². The lowest BCUT2D eigenvalue weighted by Crippen LogP contribution is -1.98. The summed E-state index contributed by atoms with van der Waals surface area (Å²) in [5.74, 6) is -0.126. The van der Waals surface area contributed by atoms with Gasteiger partial charge in [0.15, 0.2) is 17.2 Å². The zero-order valence-electron chi connectivity index (χ0n) is 21.5. The zero-order chi connectivity index (χ0) is 26.3. The average Bonchev–Trinajstić information content (AvgIpc) is 2.85. The predicted octanol–water partition coefficient (Wildman–Crippen LogP) is 7.02. The highest BCUT2D eigenvalue weighted by atomic mass is 16.6. The van der Waals surface area contributed by atoms with Crippen LogP contribution in [0.25, 0.3) is 10.8 Å². The quantitative estimate of drug-likeness (QED) is 0.291. The van der Waals surface area contributed by atoms with Gasteiger partial charge in [0.2, 0.25) is 5.75 Å². The van der Waals surface area contributed by atoms with Gasteiger partial charge in [-0.05, 0) is 42.0 Å². The minimum atomic E-state index is -0.664. The molecule has 0 bridgehead atoms. The van der Waals surface area contributed by atoms with Gasteiger partial charge in [-0.3, -0.25) is 15.1 Å². The molecule has 1 aromatic heterocycles. The van der Waals surface area contributed by atoms with E-state index in [9.17, 15) is 20.3 Å². The number of nitrogens with zero attached hydrogens (tertiary/aromatic N) is 2. The molecule has 188 valence electrons. The van der Waals surface area contributed by atoms with Crippen LogP contribution in [0.2, 0.25) is 0 Å². The first kappa shape index (κ1) is 30.4. The first-order valence-electron chi connectivity index (χ1n) is 11.6. The van der Waals surface area contributed by atoms with Crippen molar-refractivity contribution >= 4 is 16.5 Å². The van der Waals surface area contributed by atoms with E-state index in [0.29, 0.717) is 29.7 Å². The van der Waals surface area contributed by atoms with Crippen molar-refractivity contribution in [3.8, 4) is 23.0 Å². The fraction of sp³-hybridized carbons (Fsp3) is 0.423. The van der Waals surface area contributed by atoms with Gasteiger partial charge in [-0.1, -0.05) is 54.0 Å². The van der Waals surface area contributed by atoms with E-state index >= 15 is 0 Å². The molecular formula is C26H38N2O6. The highest BCUT2D eigenvalue weighted by molar-refractivity contribution is 5.92. The molecule has 1 heterocycles. The summed E-state index contributed by atoms with van der Waals surface area (Å²) in [6.07, 6.45) is 4.72. The molecule has 0 saturated carbocycles. The number of methoxy groups -OCH3 is 1. The van der Waals surface area contributed by atoms with Crippen molar-refractivity contribution in [2.24, 2.45) is 0 Å². The highest BCUT2D eigenvalue weighted by Crippen LogP contribution is 2.39. The van der Waals surface area contributed by atoms with E-state index in [-0.39, 0.29) is 11.5 Å². The fourth-order valence-corrected chi connectivity index (χ4v) is 2.95. The van der Waals surface area contributed by atoms with Crippen LogP contribution in [-0.4, -0.2) is 33.8 Å². The van der Waals surface area contributed by atoms with Crippen molar-refractivity contribution in [2.45, 2.75) is 61.3 Å². The van der Waals surface area contributed by atoms with Crippen LogP contribution in [0, 0.1) is 10.1 Å². The Morgan fingerprint density at radius 2 is 1.56 bits per heavy atom. The van der Waals surface area contributed by atoms with Crippen molar-refractivity contribution in [1.29, 1.82) is 0 Å². The molecule has 2 aromatic carbocycles. The smallest absolute Gasteiger partial charge is 0.314 e. The molecule has 0 saturated heterocycles. The number of aromatic nitrogens is 1. The van der Waals surface area contributed by atoms with E-state index in [2.05, 4.69) is 18.8 Å². The number of aromatic hydroxyl groups is 2. The number of pyridine rings is 1. The molecule has 0 atom stereocenters. The van der Waals surface area contributed by atoms with Gasteiger partial charge in [0, 0.05) is 23.8 Å². The molecule has 3 aromatic rings. The highest BCUT2D eigenvalue weighted by Gasteiger charge is 2.20. The lowest BCUT2D eigenvalue weighted by Gasteiger charge is -2.12. The average molecular weight is 475 g/mol. The summed E-state index contributed by atoms with van der Waals surface area (Å²) < 4.78 is 10.4. The van der Waals surface area contributed by atoms with Crippen molar-refractivity contribution in [3.05, 3.63) is 57.9 Å². The van der Waals surface area contributed by atoms with Crippen molar-refractivity contribution in [3.63, 3.8) is 0 Å². The Morgan fingerprint density at radius 3 is 2.09 bits per heavy atom. The summed E-state index contributed by atoms with van der Waals surface area (Å²) in [6.45, 7) is 14.5. The number of fused-ring (bicyclic) bond motifs is 1. The molecule has 0 aliphatic rings. The third-order valence-corrected chi connectivity index (χ3v) is 4.19. The molecule has 0 amide bonds. The molecule has 0 aliphatic carbocycles. The zero-order valence-corrected chi connectivity index (χ0v) is 21.5. The van der Waals surface area contributed by atoms with E-state index in [0.717, 1.165) is 10.9 Å². The minimum Gasteiger partial charge on any atom is -0.504 e. The van der Waals surface area contributed by atoms with E-state index in [1.54, 1.807) is 12.3 Å². The van der Waals surface area contributed by atoms with E-state index < -0.39 is 16.4 Å². The maximum Gasteiger partial charge on any atom is 0.314 e. The molecule has 0 spiro atoms. The molecule has 8 heteroatoms. The fourth-order valence-electron chi connectivity index (χ4n) is 2.95. The molecule has 0 fully saturated rings. The second-order valence-electron chi connectivity index (χ2n) is 6.55. The number of hydrogen-bond donors (Lipinski definition) is 2.